The number of amides is 1. The number of methoxy groups -OCH3 is 1. The summed E-state index contributed by atoms with van der Waals surface area (Å²) in [6.45, 7) is -0.00524. The van der Waals surface area contributed by atoms with Crippen molar-refractivity contribution in [1.29, 1.82) is 0 Å². The van der Waals surface area contributed by atoms with Gasteiger partial charge in [0.25, 0.3) is 5.91 Å². The summed E-state index contributed by atoms with van der Waals surface area (Å²) in [5.41, 5.74) is 0.669. The maximum atomic E-state index is 11.7. The molecule has 1 aliphatic rings. The van der Waals surface area contributed by atoms with Gasteiger partial charge < -0.3 is 19.6 Å². The highest BCUT2D eigenvalue weighted by molar-refractivity contribution is 8.18. The number of esters is 1. The molecule has 2 aromatic rings. The van der Waals surface area contributed by atoms with E-state index in [4.69, 9.17) is 4.74 Å². The minimum atomic E-state index is -0.640. The molecule has 12 nitrogen and oxygen atoms in total. The molecule has 13 heteroatoms. The zero-order valence-corrected chi connectivity index (χ0v) is 16.2. The average Bonchev–Trinajstić information content (AvgIpc) is 3.34. The van der Waals surface area contributed by atoms with Gasteiger partial charge in [-0.05, 0) is 34.4 Å². The van der Waals surface area contributed by atoms with Crippen molar-refractivity contribution in [3.8, 4) is 5.75 Å². The van der Waals surface area contributed by atoms with E-state index in [0.717, 1.165) is 17.8 Å². The molecule has 154 valence electrons. The Morgan fingerprint density at radius 2 is 2.27 bits per heavy atom. The molecular weight excluding hydrogens is 416 g/mol. The van der Waals surface area contributed by atoms with Crippen LogP contribution in [-0.2, 0) is 21.1 Å². The van der Waals surface area contributed by atoms with Gasteiger partial charge in [0.1, 0.15) is 5.75 Å². The number of aromatic nitrogens is 2. The van der Waals surface area contributed by atoms with Crippen LogP contribution in [0.15, 0.2) is 57.7 Å². The summed E-state index contributed by atoms with van der Waals surface area (Å²) in [6, 6.07) is 8.16. The fourth-order valence-corrected chi connectivity index (χ4v) is 2.87. The van der Waals surface area contributed by atoms with Crippen molar-refractivity contribution < 1.29 is 24.0 Å². The summed E-state index contributed by atoms with van der Waals surface area (Å²) in [5, 5.41) is 24.9. The molecule has 1 aromatic heterocycles. The van der Waals surface area contributed by atoms with E-state index in [1.165, 1.54) is 30.3 Å². The van der Waals surface area contributed by atoms with Crippen molar-refractivity contribution in [2.24, 2.45) is 10.2 Å². The first-order valence-corrected chi connectivity index (χ1v) is 9.07. The van der Waals surface area contributed by atoms with Gasteiger partial charge in [0, 0.05) is 6.08 Å². The molecule has 0 radical (unpaired) electrons. The van der Waals surface area contributed by atoms with Crippen LogP contribution in [0.2, 0.25) is 0 Å². The number of ether oxygens (including phenoxy) is 2. The third kappa shape index (κ3) is 5.51. The van der Waals surface area contributed by atoms with E-state index in [1.54, 1.807) is 24.3 Å². The van der Waals surface area contributed by atoms with Crippen molar-refractivity contribution in [3.63, 3.8) is 0 Å². The SMILES string of the molecule is COC(=O)/C=C1/S/C(=N\N=Cc2cccc(OCn3ccc([N+](=O)[O-])n3)c2)NC1=O. The van der Waals surface area contributed by atoms with E-state index in [-0.39, 0.29) is 22.6 Å². The lowest BCUT2D eigenvalue weighted by molar-refractivity contribution is -0.389. The van der Waals surface area contributed by atoms with Crippen molar-refractivity contribution in [3.05, 3.63) is 63.2 Å². The Kier molecular flexibility index (Phi) is 6.54. The molecule has 0 atom stereocenters. The van der Waals surface area contributed by atoms with Crippen LogP contribution in [0.5, 0.6) is 5.75 Å². The maximum absolute atomic E-state index is 11.7. The fraction of sp³-hybridized carbons (Fsp3) is 0.118. The Labute approximate surface area is 173 Å². The lowest BCUT2D eigenvalue weighted by atomic mass is 10.2. The molecule has 0 bridgehead atoms. The molecule has 30 heavy (non-hydrogen) atoms. The van der Waals surface area contributed by atoms with Crippen molar-refractivity contribution in [1.82, 2.24) is 15.1 Å². The van der Waals surface area contributed by atoms with Gasteiger partial charge in [0.15, 0.2) is 5.17 Å². The van der Waals surface area contributed by atoms with Gasteiger partial charge >= 0.3 is 11.8 Å². The molecule has 0 aliphatic carbocycles. The molecule has 1 fully saturated rings. The van der Waals surface area contributed by atoms with E-state index in [1.807, 2.05) is 0 Å². The molecule has 0 saturated carbocycles. The normalized spacial score (nSPS) is 16.2. The molecule has 1 aromatic carbocycles. The Morgan fingerprint density at radius 3 is 3.00 bits per heavy atom. The largest absolute Gasteiger partial charge is 0.469 e. The summed E-state index contributed by atoms with van der Waals surface area (Å²) in [7, 11) is 1.22. The molecule has 1 amide bonds. The number of carbonyl (C=O) groups excluding carboxylic acids is 2. The van der Waals surface area contributed by atoms with Crippen LogP contribution in [0.3, 0.4) is 0 Å². The second-order valence-electron chi connectivity index (χ2n) is 5.55. The Morgan fingerprint density at radius 1 is 1.43 bits per heavy atom. The average molecular weight is 430 g/mol. The van der Waals surface area contributed by atoms with Crippen LogP contribution in [0, 0.1) is 10.1 Å². The number of benzene rings is 1. The van der Waals surface area contributed by atoms with Crippen molar-refractivity contribution in [2.75, 3.05) is 7.11 Å². The second kappa shape index (κ2) is 9.47. The van der Waals surface area contributed by atoms with Crippen LogP contribution in [0.4, 0.5) is 5.82 Å². The van der Waals surface area contributed by atoms with Crippen LogP contribution < -0.4 is 10.1 Å². The highest BCUT2D eigenvalue weighted by Crippen LogP contribution is 2.23. The van der Waals surface area contributed by atoms with Gasteiger partial charge in [0.05, 0.1) is 35.6 Å². The van der Waals surface area contributed by atoms with E-state index in [0.29, 0.717) is 11.3 Å². The first-order chi connectivity index (χ1) is 14.4. The molecule has 2 heterocycles. The number of thioether (sulfide) groups is 1. The number of amidine groups is 1. The molecular formula is C17H14N6O6S. The Bertz CT molecular complexity index is 1080. The monoisotopic (exact) mass is 430 g/mol. The lowest BCUT2D eigenvalue weighted by Gasteiger charge is -2.04. The van der Waals surface area contributed by atoms with Gasteiger partial charge in [-0.2, -0.15) is 5.10 Å². The number of rotatable bonds is 7. The predicted molar refractivity (Wildman–Crippen MR) is 107 cm³/mol. The number of hydrogen-bond donors (Lipinski definition) is 1. The summed E-state index contributed by atoms with van der Waals surface area (Å²) in [6.07, 6.45) is 3.96. The first kappa shape index (κ1) is 20.7. The quantitative estimate of drug-likeness (QED) is 0.228. The molecule has 1 N–H and O–H groups in total. The highest BCUT2D eigenvalue weighted by atomic mass is 32.2. The highest BCUT2D eigenvalue weighted by Gasteiger charge is 2.25. The third-order valence-corrected chi connectivity index (χ3v) is 4.39. The molecule has 1 saturated heterocycles. The Balaban J connectivity index is 1.59. The summed E-state index contributed by atoms with van der Waals surface area (Å²) in [5.74, 6) is -0.871. The smallest absolute Gasteiger partial charge is 0.390 e. The fourth-order valence-electron chi connectivity index (χ4n) is 2.13. The number of carbonyl (C=O) groups is 2. The standard InChI is InChI=1S/C17H14N6O6S/c1-28-15(24)8-13-16(25)19-17(30-13)20-18-9-11-3-2-4-12(7-11)29-10-22-6-5-14(21-22)23(26)27/h2-9H,10H2,1H3,(H,19,20,25)/b13-8+,18-9?. The van der Waals surface area contributed by atoms with E-state index < -0.39 is 16.8 Å². The number of nitrogens with one attached hydrogen (secondary N) is 1. The van der Waals surface area contributed by atoms with Crippen molar-refractivity contribution in [2.45, 2.75) is 6.73 Å². The zero-order chi connectivity index (χ0) is 21.5. The van der Waals surface area contributed by atoms with Crippen molar-refractivity contribution >= 4 is 40.8 Å². The van der Waals surface area contributed by atoms with Gasteiger partial charge in [-0.1, -0.05) is 12.1 Å². The van der Waals surface area contributed by atoms with Gasteiger partial charge in [-0.3, -0.25) is 10.1 Å². The Hall–Kier alpha value is -4.00. The van der Waals surface area contributed by atoms with Gasteiger partial charge in [-0.15, -0.1) is 9.78 Å². The van der Waals surface area contributed by atoms with Gasteiger partial charge in [0.2, 0.25) is 6.73 Å². The molecule has 0 spiro atoms. The maximum Gasteiger partial charge on any atom is 0.390 e. The first-order valence-electron chi connectivity index (χ1n) is 8.25. The van der Waals surface area contributed by atoms with Gasteiger partial charge in [-0.25, -0.2) is 4.79 Å². The minimum absolute atomic E-state index is 0.00524. The van der Waals surface area contributed by atoms with E-state index in [9.17, 15) is 19.7 Å². The zero-order valence-electron chi connectivity index (χ0n) is 15.4. The van der Waals surface area contributed by atoms with Crippen LogP contribution in [0.1, 0.15) is 5.56 Å². The predicted octanol–water partition coefficient (Wildman–Crippen LogP) is 1.44. The number of nitrogens with zero attached hydrogens (tertiary/aromatic N) is 5. The minimum Gasteiger partial charge on any atom is -0.469 e. The van der Waals surface area contributed by atoms with Crippen LogP contribution in [0.25, 0.3) is 0 Å². The summed E-state index contributed by atoms with van der Waals surface area (Å²) in [4.78, 5) is 33.2. The summed E-state index contributed by atoms with van der Waals surface area (Å²) >= 11 is 0.964. The van der Waals surface area contributed by atoms with E-state index in [2.05, 4.69) is 25.4 Å². The molecule has 1 aliphatic heterocycles. The lowest BCUT2D eigenvalue weighted by Crippen LogP contribution is -2.19. The third-order valence-electron chi connectivity index (χ3n) is 3.49. The number of nitro groups is 1. The van der Waals surface area contributed by atoms with Crippen LogP contribution in [-0.4, -0.2) is 45.1 Å². The van der Waals surface area contributed by atoms with Crippen LogP contribution >= 0.6 is 11.8 Å². The second-order valence-corrected chi connectivity index (χ2v) is 6.58. The van der Waals surface area contributed by atoms with E-state index >= 15 is 0 Å². The summed E-state index contributed by atoms with van der Waals surface area (Å²) < 4.78 is 11.3. The number of hydrogen-bond acceptors (Lipinski definition) is 10. The topological polar surface area (TPSA) is 150 Å². The molecule has 0 unspecified atom stereocenters. The molecule has 3 rings (SSSR count).